The van der Waals surface area contributed by atoms with Gasteiger partial charge in [-0.2, -0.15) is 0 Å². The van der Waals surface area contributed by atoms with E-state index in [-0.39, 0.29) is 30.6 Å². The van der Waals surface area contributed by atoms with E-state index in [1.165, 1.54) is 0 Å². The summed E-state index contributed by atoms with van der Waals surface area (Å²) < 4.78 is 0. The van der Waals surface area contributed by atoms with Crippen LogP contribution in [0.1, 0.15) is 20.3 Å². The predicted molar refractivity (Wildman–Crippen MR) is 47.6 cm³/mol. The second-order valence-corrected chi connectivity index (χ2v) is 3.76. The van der Waals surface area contributed by atoms with Crippen molar-refractivity contribution in [2.24, 2.45) is 5.92 Å². The van der Waals surface area contributed by atoms with Gasteiger partial charge in [-0.05, 0) is 5.92 Å². The third kappa shape index (κ3) is 1.92. The van der Waals surface area contributed by atoms with E-state index in [9.17, 15) is 14.4 Å². The zero-order valence-corrected chi connectivity index (χ0v) is 8.19. The second kappa shape index (κ2) is 3.77. The van der Waals surface area contributed by atoms with Crippen molar-refractivity contribution in [3.8, 4) is 0 Å². The van der Waals surface area contributed by atoms with Crippen LogP contribution < -0.4 is 0 Å². The first-order chi connectivity index (χ1) is 6.43. The molecule has 0 bridgehead atoms. The summed E-state index contributed by atoms with van der Waals surface area (Å²) >= 11 is 0. The molecule has 5 heteroatoms. The van der Waals surface area contributed by atoms with Crippen molar-refractivity contribution in [2.75, 3.05) is 6.54 Å². The van der Waals surface area contributed by atoms with Gasteiger partial charge in [-0.3, -0.25) is 9.59 Å². The summed E-state index contributed by atoms with van der Waals surface area (Å²) in [6, 6.07) is -0.881. The van der Waals surface area contributed by atoms with Crippen LogP contribution in [-0.2, 0) is 14.4 Å². The van der Waals surface area contributed by atoms with Gasteiger partial charge in [-0.15, -0.1) is 0 Å². The molecule has 0 radical (unpaired) electrons. The molecule has 5 nitrogen and oxygen atoms in total. The molecule has 1 rings (SSSR count). The monoisotopic (exact) mass is 199 g/mol. The average molecular weight is 199 g/mol. The van der Waals surface area contributed by atoms with Gasteiger partial charge in [0.05, 0.1) is 13.0 Å². The van der Waals surface area contributed by atoms with Gasteiger partial charge in [-0.25, -0.2) is 4.79 Å². The van der Waals surface area contributed by atoms with Crippen molar-refractivity contribution in [3.05, 3.63) is 0 Å². The Balaban J connectivity index is 2.84. The molecule has 0 saturated carbocycles. The highest BCUT2D eigenvalue weighted by atomic mass is 16.4. The van der Waals surface area contributed by atoms with E-state index in [0.717, 1.165) is 4.90 Å². The summed E-state index contributed by atoms with van der Waals surface area (Å²) in [5.41, 5.74) is 0. The Morgan fingerprint density at radius 3 is 2.29 bits per heavy atom. The molecule has 0 aromatic heterocycles. The molecule has 1 amide bonds. The van der Waals surface area contributed by atoms with Crippen molar-refractivity contribution < 1.29 is 19.5 Å². The van der Waals surface area contributed by atoms with Crippen molar-refractivity contribution in [1.29, 1.82) is 0 Å². The number of nitrogens with zero attached hydrogens (tertiary/aromatic N) is 1. The van der Waals surface area contributed by atoms with Gasteiger partial charge < -0.3 is 10.0 Å². The Kier molecular flexibility index (Phi) is 2.88. The molecule has 1 heterocycles. The molecule has 0 aromatic rings. The van der Waals surface area contributed by atoms with Crippen LogP contribution in [-0.4, -0.2) is 40.3 Å². The number of Topliss-reactive ketones (excluding diaryl/α,β-unsaturated/α-hetero) is 1. The molecule has 1 unspecified atom stereocenters. The number of carboxylic acid groups (broad SMARTS) is 1. The van der Waals surface area contributed by atoms with Gasteiger partial charge in [0.1, 0.15) is 6.04 Å². The molecular weight excluding hydrogens is 186 g/mol. The van der Waals surface area contributed by atoms with Crippen LogP contribution in [0.15, 0.2) is 0 Å². The normalized spacial score (nSPS) is 19.2. The minimum Gasteiger partial charge on any atom is -0.480 e. The Morgan fingerprint density at radius 1 is 1.43 bits per heavy atom. The molecule has 1 saturated heterocycles. The highest BCUT2D eigenvalue weighted by Gasteiger charge is 2.38. The van der Waals surface area contributed by atoms with E-state index in [4.69, 9.17) is 5.11 Å². The molecule has 1 atom stereocenters. The Morgan fingerprint density at radius 2 is 2.00 bits per heavy atom. The Hall–Kier alpha value is -1.39. The quantitative estimate of drug-likeness (QED) is 0.644. The number of aliphatic carboxylic acids is 1. The van der Waals surface area contributed by atoms with Gasteiger partial charge in [0.2, 0.25) is 5.91 Å². The fourth-order valence-electron chi connectivity index (χ4n) is 1.64. The zero-order chi connectivity index (χ0) is 10.9. The van der Waals surface area contributed by atoms with Crippen molar-refractivity contribution in [1.82, 2.24) is 4.90 Å². The first-order valence-corrected chi connectivity index (χ1v) is 4.47. The van der Waals surface area contributed by atoms with Crippen LogP contribution >= 0.6 is 0 Å². The number of likely N-dealkylation sites (tertiary alicyclic amines) is 1. The van der Waals surface area contributed by atoms with Crippen molar-refractivity contribution >= 4 is 17.7 Å². The van der Waals surface area contributed by atoms with Crippen LogP contribution in [0.4, 0.5) is 0 Å². The van der Waals surface area contributed by atoms with Crippen LogP contribution in [0.25, 0.3) is 0 Å². The van der Waals surface area contributed by atoms with Crippen LogP contribution in [0.2, 0.25) is 0 Å². The van der Waals surface area contributed by atoms with Gasteiger partial charge in [0.25, 0.3) is 0 Å². The van der Waals surface area contributed by atoms with Crippen LogP contribution in [0.5, 0.6) is 0 Å². The lowest BCUT2D eigenvalue weighted by molar-refractivity contribution is -0.150. The molecule has 14 heavy (non-hydrogen) atoms. The number of hydrogen-bond acceptors (Lipinski definition) is 3. The predicted octanol–water partition coefficient (Wildman–Crippen LogP) is -0.103. The summed E-state index contributed by atoms with van der Waals surface area (Å²) in [4.78, 5) is 34.3. The summed E-state index contributed by atoms with van der Waals surface area (Å²) in [5.74, 6) is -1.83. The number of carbonyl (C=O) groups is 3. The number of amides is 1. The topological polar surface area (TPSA) is 74.7 Å². The molecule has 1 aliphatic heterocycles. The van der Waals surface area contributed by atoms with Gasteiger partial charge in [0, 0.05) is 0 Å². The maximum Gasteiger partial charge on any atom is 0.326 e. The molecule has 1 fully saturated rings. The van der Waals surface area contributed by atoms with Gasteiger partial charge >= 0.3 is 5.97 Å². The van der Waals surface area contributed by atoms with E-state index in [0.29, 0.717) is 0 Å². The number of carboxylic acids is 1. The SMILES string of the molecule is CC(C)C(C(=O)O)N1CC(=O)CC1=O. The third-order valence-electron chi connectivity index (χ3n) is 2.24. The van der Waals surface area contributed by atoms with Crippen molar-refractivity contribution in [3.63, 3.8) is 0 Å². The lowest BCUT2D eigenvalue weighted by Crippen LogP contribution is -2.45. The molecule has 0 aromatic carbocycles. The molecule has 1 N–H and O–H groups in total. The number of hydrogen-bond donors (Lipinski definition) is 1. The molecule has 78 valence electrons. The third-order valence-corrected chi connectivity index (χ3v) is 2.24. The Bertz CT molecular complexity index is 285. The molecule has 1 aliphatic rings. The van der Waals surface area contributed by atoms with Gasteiger partial charge in [-0.1, -0.05) is 13.8 Å². The number of ketones is 1. The fraction of sp³-hybridized carbons (Fsp3) is 0.667. The average Bonchev–Trinajstić information content (AvgIpc) is 2.29. The van der Waals surface area contributed by atoms with Crippen LogP contribution in [0, 0.1) is 5.92 Å². The largest absolute Gasteiger partial charge is 0.480 e. The lowest BCUT2D eigenvalue weighted by Gasteiger charge is -2.26. The van der Waals surface area contributed by atoms with E-state index in [1.807, 2.05) is 0 Å². The van der Waals surface area contributed by atoms with E-state index < -0.39 is 12.0 Å². The summed E-state index contributed by atoms with van der Waals surface area (Å²) in [6.07, 6.45) is -0.156. The standard InChI is InChI=1S/C9H13NO4/c1-5(2)8(9(13)14)10-4-6(11)3-7(10)12/h5,8H,3-4H2,1-2H3,(H,13,14). The van der Waals surface area contributed by atoms with E-state index in [1.54, 1.807) is 13.8 Å². The maximum atomic E-state index is 11.3. The highest BCUT2D eigenvalue weighted by molar-refractivity contribution is 6.06. The van der Waals surface area contributed by atoms with Crippen LogP contribution in [0.3, 0.4) is 0 Å². The number of carbonyl (C=O) groups excluding carboxylic acids is 2. The lowest BCUT2D eigenvalue weighted by atomic mass is 10.0. The fourth-order valence-corrected chi connectivity index (χ4v) is 1.64. The maximum absolute atomic E-state index is 11.3. The minimum atomic E-state index is -1.05. The van der Waals surface area contributed by atoms with Crippen molar-refractivity contribution in [2.45, 2.75) is 26.3 Å². The first kappa shape index (κ1) is 10.7. The highest BCUT2D eigenvalue weighted by Crippen LogP contribution is 2.17. The van der Waals surface area contributed by atoms with E-state index in [2.05, 4.69) is 0 Å². The first-order valence-electron chi connectivity index (χ1n) is 4.47. The summed E-state index contributed by atoms with van der Waals surface area (Å²) in [7, 11) is 0. The summed E-state index contributed by atoms with van der Waals surface area (Å²) in [5, 5.41) is 8.90. The smallest absolute Gasteiger partial charge is 0.326 e. The van der Waals surface area contributed by atoms with Gasteiger partial charge in [0.15, 0.2) is 5.78 Å². The Labute approximate surface area is 81.7 Å². The number of rotatable bonds is 3. The second-order valence-electron chi connectivity index (χ2n) is 3.76. The molecule has 0 spiro atoms. The molecule has 0 aliphatic carbocycles. The minimum absolute atomic E-state index is 0.0615. The molecular formula is C9H13NO4. The summed E-state index contributed by atoms with van der Waals surface area (Å²) in [6.45, 7) is 3.37. The van der Waals surface area contributed by atoms with E-state index >= 15 is 0 Å². The zero-order valence-electron chi connectivity index (χ0n) is 8.19.